The number of benzene rings is 2. The van der Waals surface area contributed by atoms with Crippen LogP contribution in [-0.4, -0.2) is 13.7 Å². The molecule has 0 fully saturated rings. The van der Waals surface area contributed by atoms with Crippen molar-refractivity contribution in [3.8, 4) is 11.8 Å². The molecule has 0 aromatic heterocycles. The van der Waals surface area contributed by atoms with Gasteiger partial charge < -0.3 is 10.1 Å². The molecule has 0 heterocycles. The Morgan fingerprint density at radius 3 is 2.57 bits per heavy atom. The first-order valence-corrected chi connectivity index (χ1v) is 7.13. The van der Waals surface area contributed by atoms with Gasteiger partial charge in [-0.15, -0.1) is 0 Å². The van der Waals surface area contributed by atoms with Crippen LogP contribution in [0.1, 0.15) is 16.7 Å². The fourth-order valence-corrected chi connectivity index (χ4v) is 2.26. The minimum atomic E-state index is 0.585. The van der Waals surface area contributed by atoms with Gasteiger partial charge in [0.05, 0.1) is 18.7 Å². The summed E-state index contributed by atoms with van der Waals surface area (Å²) in [6.45, 7) is 1.56. The van der Waals surface area contributed by atoms with Gasteiger partial charge in [-0.25, -0.2) is 0 Å². The summed E-state index contributed by atoms with van der Waals surface area (Å²) in [5, 5.41) is 12.8. The van der Waals surface area contributed by atoms with Crippen molar-refractivity contribution < 1.29 is 4.74 Å². The van der Waals surface area contributed by atoms with Crippen LogP contribution in [0.15, 0.2) is 42.5 Å². The fraction of sp³-hybridized carbons (Fsp3) is 0.235. The van der Waals surface area contributed by atoms with Crippen LogP contribution in [0.2, 0.25) is 5.02 Å². The van der Waals surface area contributed by atoms with E-state index in [2.05, 4.69) is 23.5 Å². The zero-order valence-corrected chi connectivity index (χ0v) is 12.7. The molecule has 0 aliphatic heterocycles. The molecule has 0 spiro atoms. The molecule has 3 nitrogen and oxygen atoms in total. The molecule has 2 rings (SSSR count). The van der Waals surface area contributed by atoms with Crippen molar-refractivity contribution in [2.75, 3.05) is 13.7 Å². The molecular weight excluding hydrogens is 284 g/mol. The maximum atomic E-state index is 8.80. The lowest BCUT2D eigenvalue weighted by Crippen LogP contribution is -2.16. The number of methoxy groups -OCH3 is 1. The molecule has 2 aromatic rings. The first-order valence-electron chi connectivity index (χ1n) is 6.75. The highest BCUT2D eigenvalue weighted by Crippen LogP contribution is 2.17. The Labute approximate surface area is 130 Å². The van der Waals surface area contributed by atoms with E-state index in [0.717, 1.165) is 24.3 Å². The second-order valence-corrected chi connectivity index (χ2v) is 5.10. The van der Waals surface area contributed by atoms with Gasteiger partial charge in [-0.3, -0.25) is 0 Å². The Kier molecular flexibility index (Phi) is 5.62. The van der Waals surface area contributed by atoms with Gasteiger partial charge in [0.2, 0.25) is 0 Å². The topological polar surface area (TPSA) is 45.0 Å². The van der Waals surface area contributed by atoms with E-state index < -0.39 is 0 Å². The average molecular weight is 301 g/mol. The van der Waals surface area contributed by atoms with E-state index in [0.29, 0.717) is 17.1 Å². The van der Waals surface area contributed by atoms with Gasteiger partial charge >= 0.3 is 0 Å². The normalized spacial score (nSPS) is 10.1. The predicted octanol–water partition coefficient (Wildman–Crippen LogP) is 3.55. The zero-order valence-electron chi connectivity index (χ0n) is 11.9. The minimum Gasteiger partial charge on any atom is -0.497 e. The third-order valence-corrected chi connectivity index (χ3v) is 3.60. The standard InChI is InChI=1S/C17H17ClN2O/c1-21-16-6-3-13(4-7-16)8-9-20-12-15-5-2-14(11-19)10-17(15)18/h2-7,10,20H,8-9,12H2,1H3. The minimum absolute atomic E-state index is 0.585. The van der Waals surface area contributed by atoms with Crippen molar-refractivity contribution >= 4 is 11.6 Å². The number of nitrogens with zero attached hydrogens (tertiary/aromatic N) is 1. The summed E-state index contributed by atoms with van der Waals surface area (Å²) in [7, 11) is 1.66. The van der Waals surface area contributed by atoms with Crippen molar-refractivity contribution in [2.24, 2.45) is 0 Å². The fourth-order valence-electron chi connectivity index (χ4n) is 2.01. The van der Waals surface area contributed by atoms with Gasteiger partial charge in [-0.1, -0.05) is 29.8 Å². The van der Waals surface area contributed by atoms with Crippen molar-refractivity contribution in [2.45, 2.75) is 13.0 Å². The Hall–Kier alpha value is -2.02. The van der Waals surface area contributed by atoms with Gasteiger partial charge in [0, 0.05) is 11.6 Å². The Balaban J connectivity index is 1.80. The predicted molar refractivity (Wildman–Crippen MR) is 84.6 cm³/mol. The molecule has 0 amide bonds. The lowest BCUT2D eigenvalue weighted by atomic mass is 10.1. The zero-order chi connectivity index (χ0) is 15.1. The van der Waals surface area contributed by atoms with E-state index in [1.165, 1.54) is 5.56 Å². The quantitative estimate of drug-likeness (QED) is 0.830. The number of ether oxygens (including phenoxy) is 1. The second-order valence-electron chi connectivity index (χ2n) is 4.69. The molecule has 21 heavy (non-hydrogen) atoms. The molecule has 1 N–H and O–H groups in total. The number of rotatable bonds is 6. The summed E-state index contributed by atoms with van der Waals surface area (Å²) < 4.78 is 5.13. The van der Waals surface area contributed by atoms with Crippen LogP contribution in [0.5, 0.6) is 5.75 Å². The van der Waals surface area contributed by atoms with Crippen LogP contribution in [0, 0.1) is 11.3 Å². The molecule has 0 saturated heterocycles. The molecule has 0 radical (unpaired) electrons. The summed E-state index contributed by atoms with van der Waals surface area (Å²) in [5.41, 5.74) is 2.85. The highest BCUT2D eigenvalue weighted by molar-refractivity contribution is 6.31. The number of hydrogen-bond donors (Lipinski definition) is 1. The van der Waals surface area contributed by atoms with Crippen LogP contribution in [0.3, 0.4) is 0 Å². The Morgan fingerprint density at radius 2 is 1.95 bits per heavy atom. The van der Waals surface area contributed by atoms with Crippen LogP contribution in [0.4, 0.5) is 0 Å². The van der Waals surface area contributed by atoms with E-state index in [4.69, 9.17) is 21.6 Å². The molecule has 0 atom stereocenters. The van der Waals surface area contributed by atoms with Crippen molar-refractivity contribution in [3.05, 3.63) is 64.2 Å². The van der Waals surface area contributed by atoms with E-state index in [-0.39, 0.29) is 0 Å². The average Bonchev–Trinajstić information content (AvgIpc) is 2.53. The molecular formula is C17H17ClN2O. The summed E-state index contributed by atoms with van der Waals surface area (Å²) >= 11 is 6.13. The van der Waals surface area contributed by atoms with Crippen LogP contribution in [-0.2, 0) is 13.0 Å². The summed E-state index contributed by atoms with van der Waals surface area (Å²) in [6, 6.07) is 15.5. The molecule has 108 valence electrons. The van der Waals surface area contributed by atoms with Crippen molar-refractivity contribution in [1.82, 2.24) is 5.32 Å². The number of nitrogens with one attached hydrogen (secondary N) is 1. The molecule has 0 aliphatic rings. The van der Waals surface area contributed by atoms with Gasteiger partial charge in [-0.05, 0) is 48.4 Å². The molecule has 0 unspecified atom stereocenters. The Bertz CT molecular complexity index is 632. The summed E-state index contributed by atoms with van der Waals surface area (Å²) in [6.07, 6.45) is 0.942. The summed E-state index contributed by atoms with van der Waals surface area (Å²) in [4.78, 5) is 0. The number of hydrogen-bond acceptors (Lipinski definition) is 3. The van der Waals surface area contributed by atoms with Gasteiger partial charge in [0.1, 0.15) is 5.75 Å². The number of halogens is 1. The SMILES string of the molecule is COc1ccc(CCNCc2ccc(C#N)cc2Cl)cc1. The van der Waals surface area contributed by atoms with Gasteiger partial charge in [-0.2, -0.15) is 5.26 Å². The molecule has 2 aromatic carbocycles. The third kappa shape index (κ3) is 4.49. The first-order chi connectivity index (χ1) is 10.2. The van der Waals surface area contributed by atoms with E-state index >= 15 is 0 Å². The highest BCUT2D eigenvalue weighted by Gasteiger charge is 2.01. The number of nitriles is 1. The van der Waals surface area contributed by atoms with Crippen molar-refractivity contribution in [1.29, 1.82) is 5.26 Å². The monoisotopic (exact) mass is 300 g/mol. The second kappa shape index (κ2) is 7.68. The lowest BCUT2D eigenvalue weighted by molar-refractivity contribution is 0.414. The largest absolute Gasteiger partial charge is 0.497 e. The molecule has 0 aliphatic carbocycles. The van der Waals surface area contributed by atoms with Gasteiger partial charge in [0.25, 0.3) is 0 Å². The maximum absolute atomic E-state index is 8.80. The van der Waals surface area contributed by atoms with Crippen molar-refractivity contribution in [3.63, 3.8) is 0 Å². The van der Waals surface area contributed by atoms with E-state index in [1.807, 2.05) is 18.2 Å². The van der Waals surface area contributed by atoms with E-state index in [9.17, 15) is 0 Å². The summed E-state index contributed by atoms with van der Waals surface area (Å²) in [5.74, 6) is 0.871. The Morgan fingerprint density at radius 1 is 1.19 bits per heavy atom. The lowest BCUT2D eigenvalue weighted by Gasteiger charge is -2.07. The smallest absolute Gasteiger partial charge is 0.118 e. The third-order valence-electron chi connectivity index (χ3n) is 3.25. The molecule has 0 bridgehead atoms. The first kappa shape index (κ1) is 15.4. The van der Waals surface area contributed by atoms with Crippen LogP contribution < -0.4 is 10.1 Å². The molecule has 0 saturated carbocycles. The van der Waals surface area contributed by atoms with E-state index in [1.54, 1.807) is 19.2 Å². The van der Waals surface area contributed by atoms with Crippen LogP contribution >= 0.6 is 11.6 Å². The molecule has 4 heteroatoms. The van der Waals surface area contributed by atoms with Crippen LogP contribution in [0.25, 0.3) is 0 Å². The maximum Gasteiger partial charge on any atom is 0.118 e. The van der Waals surface area contributed by atoms with Gasteiger partial charge in [0.15, 0.2) is 0 Å². The highest BCUT2D eigenvalue weighted by atomic mass is 35.5.